The molecule has 0 aliphatic carbocycles. The zero-order valence-electron chi connectivity index (χ0n) is 13.9. The third-order valence-corrected chi connectivity index (χ3v) is 3.13. The van der Waals surface area contributed by atoms with E-state index in [1.807, 2.05) is 25.7 Å². The SMILES string of the molecule is CN=C(NCC(=O)NC)N1CCC(C(=O)OC(C)(C)C)C1.I. The van der Waals surface area contributed by atoms with Crippen LogP contribution in [0.25, 0.3) is 0 Å². The highest BCUT2D eigenvalue weighted by Crippen LogP contribution is 2.20. The van der Waals surface area contributed by atoms with E-state index < -0.39 is 5.60 Å². The topological polar surface area (TPSA) is 83.0 Å². The minimum atomic E-state index is -0.469. The number of amides is 1. The van der Waals surface area contributed by atoms with Crippen molar-refractivity contribution < 1.29 is 14.3 Å². The number of carbonyl (C=O) groups is 2. The van der Waals surface area contributed by atoms with Crippen molar-refractivity contribution in [1.82, 2.24) is 15.5 Å². The maximum absolute atomic E-state index is 12.1. The second-order valence-corrected chi connectivity index (χ2v) is 6.04. The summed E-state index contributed by atoms with van der Waals surface area (Å²) < 4.78 is 5.41. The normalized spacial score (nSPS) is 18.5. The fourth-order valence-electron chi connectivity index (χ4n) is 2.11. The molecule has 0 aromatic heterocycles. The summed E-state index contributed by atoms with van der Waals surface area (Å²) in [4.78, 5) is 29.4. The number of nitrogens with zero attached hydrogens (tertiary/aromatic N) is 2. The minimum absolute atomic E-state index is 0. The molecule has 1 unspecified atom stereocenters. The van der Waals surface area contributed by atoms with E-state index in [0.29, 0.717) is 12.5 Å². The Morgan fingerprint density at radius 2 is 2.00 bits per heavy atom. The van der Waals surface area contributed by atoms with Gasteiger partial charge in [0, 0.05) is 27.2 Å². The van der Waals surface area contributed by atoms with Crippen molar-refractivity contribution >= 4 is 41.8 Å². The number of hydrogen-bond acceptors (Lipinski definition) is 4. The molecule has 0 bridgehead atoms. The van der Waals surface area contributed by atoms with Crippen LogP contribution in [0.1, 0.15) is 27.2 Å². The van der Waals surface area contributed by atoms with E-state index in [4.69, 9.17) is 4.74 Å². The summed E-state index contributed by atoms with van der Waals surface area (Å²) in [5, 5.41) is 5.52. The molecule has 1 saturated heterocycles. The van der Waals surface area contributed by atoms with E-state index in [1.165, 1.54) is 0 Å². The Morgan fingerprint density at radius 1 is 1.36 bits per heavy atom. The van der Waals surface area contributed by atoms with Gasteiger partial charge in [-0.2, -0.15) is 0 Å². The van der Waals surface area contributed by atoms with Crippen LogP contribution in [0.3, 0.4) is 0 Å². The van der Waals surface area contributed by atoms with Gasteiger partial charge in [0.2, 0.25) is 5.91 Å². The highest BCUT2D eigenvalue weighted by atomic mass is 127. The number of aliphatic imine (C=N–C) groups is 1. The molecular weight excluding hydrogens is 399 g/mol. The molecule has 0 saturated carbocycles. The van der Waals surface area contributed by atoms with Gasteiger partial charge >= 0.3 is 5.97 Å². The summed E-state index contributed by atoms with van der Waals surface area (Å²) in [7, 11) is 3.24. The van der Waals surface area contributed by atoms with E-state index in [-0.39, 0.29) is 48.3 Å². The molecule has 8 heteroatoms. The molecule has 0 radical (unpaired) electrons. The number of rotatable bonds is 3. The first kappa shape index (κ1) is 20.9. The van der Waals surface area contributed by atoms with Crippen molar-refractivity contribution in [2.75, 3.05) is 33.7 Å². The van der Waals surface area contributed by atoms with Crippen molar-refractivity contribution in [3.05, 3.63) is 0 Å². The standard InChI is InChI=1S/C14H26N4O3.HI/c1-14(2,3)21-12(20)10-6-7-18(9-10)13(16-5)17-8-11(19)15-4;/h10H,6-9H2,1-5H3,(H,15,19)(H,16,17);1H. The molecule has 1 aliphatic heterocycles. The van der Waals surface area contributed by atoms with Gasteiger partial charge in [-0.05, 0) is 27.2 Å². The van der Waals surface area contributed by atoms with Crippen LogP contribution in [-0.4, -0.2) is 62.1 Å². The van der Waals surface area contributed by atoms with Gasteiger partial charge in [0.1, 0.15) is 5.60 Å². The van der Waals surface area contributed by atoms with Crippen LogP contribution in [0.2, 0.25) is 0 Å². The van der Waals surface area contributed by atoms with E-state index in [0.717, 1.165) is 13.0 Å². The summed E-state index contributed by atoms with van der Waals surface area (Å²) in [6.07, 6.45) is 0.732. The molecule has 0 aromatic carbocycles. The minimum Gasteiger partial charge on any atom is -0.460 e. The first-order valence-corrected chi connectivity index (χ1v) is 7.16. The lowest BCUT2D eigenvalue weighted by Gasteiger charge is -2.23. The van der Waals surface area contributed by atoms with Crippen LogP contribution in [0, 0.1) is 5.92 Å². The van der Waals surface area contributed by atoms with Gasteiger partial charge in [-0.1, -0.05) is 0 Å². The quantitative estimate of drug-likeness (QED) is 0.299. The van der Waals surface area contributed by atoms with Gasteiger partial charge in [-0.15, -0.1) is 24.0 Å². The second-order valence-electron chi connectivity index (χ2n) is 6.04. The fourth-order valence-corrected chi connectivity index (χ4v) is 2.11. The first-order chi connectivity index (χ1) is 9.76. The Bertz CT molecular complexity index is 421. The van der Waals surface area contributed by atoms with E-state index in [1.54, 1.807) is 14.1 Å². The predicted octanol–water partition coefficient (Wildman–Crippen LogP) is 0.589. The smallest absolute Gasteiger partial charge is 0.311 e. The van der Waals surface area contributed by atoms with E-state index in [2.05, 4.69) is 15.6 Å². The summed E-state index contributed by atoms with van der Waals surface area (Å²) in [5.74, 6) is 0.193. The van der Waals surface area contributed by atoms with Crippen LogP contribution >= 0.6 is 24.0 Å². The average Bonchev–Trinajstić information content (AvgIpc) is 2.87. The molecule has 1 fully saturated rings. The number of nitrogens with one attached hydrogen (secondary N) is 2. The maximum Gasteiger partial charge on any atom is 0.311 e. The summed E-state index contributed by atoms with van der Waals surface area (Å²) >= 11 is 0. The number of halogens is 1. The van der Waals surface area contributed by atoms with Crippen LogP contribution in [-0.2, 0) is 14.3 Å². The van der Waals surface area contributed by atoms with E-state index >= 15 is 0 Å². The summed E-state index contributed by atoms with van der Waals surface area (Å²) in [6, 6.07) is 0. The fraction of sp³-hybridized carbons (Fsp3) is 0.786. The van der Waals surface area contributed by atoms with Gasteiger partial charge in [0.15, 0.2) is 5.96 Å². The number of hydrogen-bond donors (Lipinski definition) is 2. The molecule has 1 heterocycles. The molecular formula is C14H27IN4O3. The van der Waals surface area contributed by atoms with Crippen LogP contribution in [0.15, 0.2) is 4.99 Å². The molecule has 2 N–H and O–H groups in total. The first-order valence-electron chi connectivity index (χ1n) is 7.16. The molecule has 1 atom stereocenters. The maximum atomic E-state index is 12.1. The zero-order valence-corrected chi connectivity index (χ0v) is 16.3. The summed E-state index contributed by atoms with van der Waals surface area (Å²) in [5.41, 5.74) is -0.469. The number of carbonyl (C=O) groups excluding carboxylic acids is 2. The van der Waals surface area contributed by atoms with Crippen molar-refractivity contribution in [3.63, 3.8) is 0 Å². The molecule has 22 heavy (non-hydrogen) atoms. The van der Waals surface area contributed by atoms with Gasteiger partial charge in [-0.25, -0.2) is 0 Å². The average molecular weight is 426 g/mol. The molecule has 0 spiro atoms. The van der Waals surface area contributed by atoms with Crippen LogP contribution < -0.4 is 10.6 Å². The Kier molecular flexibility index (Phi) is 8.72. The lowest BCUT2D eigenvalue weighted by atomic mass is 10.1. The third-order valence-electron chi connectivity index (χ3n) is 3.13. The van der Waals surface area contributed by atoms with Crippen LogP contribution in [0.5, 0.6) is 0 Å². The number of likely N-dealkylation sites (N-methyl/N-ethyl adjacent to an activating group) is 1. The summed E-state index contributed by atoms with van der Waals surface area (Å²) in [6.45, 7) is 7.03. The van der Waals surface area contributed by atoms with E-state index in [9.17, 15) is 9.59 Å². The number of likely N-dealkylation sites (tertiary alicyclic amines) is 1. The Morgan fingerprint density at radius 3 is 2.50 bits per heavy atom. The lowest BCUT2D eigenvalue weighted by Crippen LogP contribution is -2.44. The predicted molar refractivity (Wildman–Crippen MR) is 96.4 cm³/mol. The highest BCUT2D eigenvalue weighted by Gasteiger charge is 2.33. The number of ether oxygens (including phenoxy) is 1. The number of esters is 1. The Balaban J connectivity index is 0.00000441. The second kappa shape index (κ2) is 9.16. The third kappa shape index (κ3) is 6.80. The molecule has 0 aromatic rings. The zero-order chi connectivity index (χ0) is 16.0. The van der Waals surface area contributed by atoms with Gasteiger partial charge in [0.05, 0.1) is 12.5 Å². The van der Waals surface area contributed by atoms with Crippen molar-refractivity contribution in [2.45, 2.75) is 32.8 Å². The number of guanidine groups is 1. The Labute approximate surface area is 149 Å². The Hall–Kier alpha value is -1.06. The van der Waals surface area contributed by atoms with Crippen LogP contribution in [0.4, 0.5) is 0 Å². The van der Waals surface area contributed by atoms with Crippen molar-refractivity contribution in [1.29, 1.82) is 0 Å². The molecule has 1 aliphatic rings. The lowest BCUT2D eigenvalue weighted by molar-refractivity contribution is -0.159. The highest BCUT2D eigenvalue weighted by molar-refractivity contribution is 14.0. The monoisotopic (exact) mass is 426 g/mol. The largest absolute Gasteiger partial charge is 0.460 e. The molecule has 7 nitrogen and oxygen atoms in total. The van der Waals surface area contributed by atoms with Crippen molar-refractivity contribution in [2.24, 2.45) is 10.9 Å². The van der Waals surface area contributed by atoms with Gasteiger partial charge in [0.25, 0.3) is 0 Å². The van der Waals surface area contributed by atoms with Gasteiger partial charge in [-0.3, -0.25) is 14.6 Å². The van der Waals surface area contributed by atoms with Gasteiger partial charge < -0.3 is 20.3 Å². The van der Waals surface area contributed by atoms with Crippen molar-refractivity contribution in [3.8, 4) is 0 Å². The molecule has 1 amide bonds. The molecule has 1 rings (SSSR count). The molecule has 128 valence electrons.